The Morgan fingerprint density at radius 3 is 2.43 bits per heavy atom. The van der Waals surface area contributed by atoms with Crippen molar-refractivity contribution in [1.82, 2.24) is 10.2 Å². The zero-order valence-corrected chi connectivity index (χ0v) is 13.3. The van der Waals surface area contributed by atoms with E-state index in [4.69, 9.17) is 0 Å². The van der Waals surface area contributed by atoms with Crippen LogP contribution < -0.4 is 5.32 Å². The molecule has 0 atom stereocenters. The summed E-state index contributed by atoms with van der Waals surface area (Å²) in [6.45, 7) is 6.47. The van der Waals surface area contributed by atoms with Crippen LogP contribution in [0.5, 0.6) is 0 Å². The maximum atomic E-state index is 12.2. The fraction of sp³-hybridized carbons (Fsp3) is 0.438. The third kappa shape index (κ3) is 3.29. The fourth-order valence-electron chi connectivity index (χ4n) is 2.07. The van der Waals surface area contributed by atoms with Gasteiger partial charge in [-0.3, -0.25) is 10.1 Å². The zero-order valence-electron chi connectivity index (χ0n) is 12.5. The maximum absolute atomic E-state index is 12.2. The van der Waals surface area contributed by atoms with Gasteiger partial charge in [0, 0.05) is 11.5 Å². The Morgan fingerprint density at radius 1 is 1.19 bits per heavy atom. The van der Waals surface area contributed by atoms with E-state index in [1.807, 2.05) is 24.3 Å². The molecule has 4 nitrogen and oxygen atoms in total. The number of hydrogen-bond acceptors (Lipinski definition) is 4. The van der Waals surface area contributed by atoms with Gasteiger partial charge in [0.2, 0.25) is 5.13 Å². The van der Waals surface area contributed by atoms with Gasteiger partial charge in [0.05, 0.1) is 0 Å². The van der Waals surface area contributed by atoms with Crippen LogP contribution in [0.3, 0.4) is 0 Å². The van der Waals surface area contributed by atoms with E-state index in [0.29, 0.717) is 16.6 Å². The molecule has 0 radical (unpaired) electrons. The van der Waals surface area contributed by atoms with Gasteiger partial charge < -0.3 is 0 Å². The summed E-state index contributed by atoms with van der Waals surface area (Å²) >= 11 is 1.48. The van der Waals surface area contributed by atoms with Gasteiger partial charge in [-0.2, -0.15) is 0 Å². The van der Waals surface area contributed by atoms with Gasteiger partial charge in [-0.05, 0) is 36.0 Å². The van der Waals surface area contributed by atoms with Gasteiger partial charge in [0.15, 0.2) is 0 Å². The highest BCUT2D eigenvalue weighted by molar-refractivity contribution is 7.15. The van der Waals surface area contributed by atoms with Crippen molar-refractivity contribution in [1.29, 1.82) is 0 Å². The number of amides is 1. The molecule has 0 bridgehead atoms. The van der Waals surface area contributed by atoms with Crippen LogP contribution in [0.15, 0.2) is 24.3 Å². The monoisotopic (exact) mass is 301 g/mol. The summed E-state index contributed by atoms with van der Waals surface area (Å²) in [7, 11) is 0. The summed E-state index contributed by atoms with van der Waals surface area (Å²) in [5.41, 5.74) is 1.95. The van der Waals surface area contributed by atoms with E-state index in [2.05, 4.69) is 36.3 Å². The smallest absolute Gasteiger partial charge is 0.257 e. The molecular weight excluding hydrogens is 282 g/mol. The molecule has 1 aromatic carbocycles. The maximum Gasteiger partial charge on any atom is 0.257 e. The number of carbonyl (C=O) groups is 1. The lowest BCUT2D eigenvalue weighted by Crippen LogP contribution is -2.14. The number of rotatable bonds is 3. The van der Waals surface area contributed by atoms with Crippen LogP contribution in [0.4, 0.5) is 5.13 Å². The molecule has 1 heterocycles. The topological polar surface area (TPSA) is 54.9 Å². The second-order valence-corrected chi connectivity index (χ2v) is 7.51. The second kappa shape index (κ2) is 5.22. The average molecular weight is 301 g/mol. The van der Waals surface area contributed by atoms with Gasteiger partial charge in [-0.15, -0.1) is 10.2 Å². The molecule has 1 aromatic heterocycles. The van der Waals surface area contributed by atoms with Crippen LogP contribution in [0, 0.1) is 0 Å². The number of benzene rings is 1. The van der Waals surface area contributed by atoms with E-state index in [1.165, 1.54) is 29.7 Å². The minimum Gasteiger partial charge on any atom is -0.296 e. The molecule has 1 fully saturated rings. The van der Waals surface area contributed by atoms with Crippen LogP contribution in [0.2, 0.25) is 0 Å². The summed E-state index contributed by atoms with van der Waals surface area (Å²) in [6, 6.07) is 7.73. The second-order valence-electron chi connectivity index (χ2n) is 6.50. The Labute approximate surface area is 128 Å². The molecule has 1 N–H and O–H groups in total. The summed E-state index contributed by atoms with van der Waals surface area (Å²) in [5, 5.41) is 12.6. The Bertz CT molecular complexity index is 651. The normalized spacial score (nSPS) is 15.0. The Balaban J connectivity index is 1.69. The van der Waals surface area contributed by atoms with Crippen LogP contribution >= 0.6 is 11.3 Å². The van der Waals surface area contributed by atoms with Crippen molar-refractivity contribution < 1.29 is 4.79 Å². The lowest BCUT2D eigenvalue weighted by molar-refractivity contribution is 0.102. The summed E-state index contributed by atoms with van der Waals surface area (Å²) < 4.78 is 0. The van der Waals surface area contributed by atoms with Crippen molar-refractivity contribution in [3.8, 4) is 0 Å². The molecule has 0 spiro atoms. The molecule has 1 aliphatic carbocycles. The molecule has 3 rings (SSSR count). The SMILES string of the molecule is CC(C)(C)c1ccc(C(=O)Nc2nnc(C3CC3)s2)cc1. The highest BCUT2D eigenvalue weighted by atomic mass is 32.1. The zero-order chi connectivity index (χ0) is 15.0. The number of anilines is 1. The summed E-state index contributed by atoms with van der Waals surface area (Å²) in [4.78, 5) is 12.2. The lowest BCUT2D eigenvalue weighted by Gasteiger charge is -2.18. The largest absolute Gasteiger partial charge is 0.296 e. The molecule has 0 saturated heterocycles. The first-order valence-electron chi connectivity index (χ1n) is 7.19. The Morgan fingerprint density at radius 2 is 1.86 bits per heavy atom. The predicted octanol–water partition coefficient (Wildman–Crippen LogP) is 3.97. The standard InChI is InChI=1S/C16H19N3OS/c1-16(2,3)12-8-6-10(7-9-12)13(20)17-15-19-18-14(21-15)11-4-5-11/h6-9,11H,4-5H2,1-3H3,(H,17,19,20). The average Bonchev–Trinajstić information content (AvgIpc) is 3.19. The highest BCUT2D eigenvalue weighted by Gasteiger charge is 2.27. The molecule has 0 aliphatic heterocycles. The van der Waals surface area contributed by atoms with E-state index < -0.39 is 0 Å². The van der Waals surface area contributed by atoms with Crippen molar-refractivity contribution in [2.75, 3.05) is 5.32 Å². The van der Waals surface area contributed by atoms with E-state index in [0.717, 1.165) is 5.01 Å². The number of aromatic nitrogens is 2. The first kappa shape index (κ1) is 14.2. The third-order valence-corrected chi connectivity index (χ3v) is 4.60. The number of nitrogens with zero attached hydrogens (tertiary/aromatic N) is 2. The van der Waals surface area contributed by atoms with Crippen LogP contribution in [-0.2, 0) is 5.41 Å². The highest BCUT2D eigenvalue weighted by Crippen LogP contribution is 2.42. The van der Waals surface area contributed by atoms with E-state index in [9.17, 15) is 4.79 Å². The molecule has 2 aromatic rings. The fourth-order valence-corrected chi connectivity index (χ4v) is 2.98. The van der Waals surface area contributed by atoms with E-state index >= 15 is 0 Å². The van der Waals surface area contributed by atoms with Crippen LogP contribution in [-0.4, -0.2) is 16.1 Å². The van der Waals surface area contributed by atoms with Crippen molar-refractivity contribution in [3.63, 3.8) is 0 Å². The van der Waals surface area contributed by atoms with Gasteiger partial charge in [0.1, 0.15) is 5.01 Å². The van der Waals surface area contributed by atoms with Gasteiger partial charge in [0.25, 0.3) is 5.91 Å². The van der Waals surface area contributed by atoms with Gasteiger partial charge in [-0.25, -0.2) is 0 Å². The predicted molar refractivity (Wildman–Crippen MR) is 85.0 cm³/mol. The third-order valence-electron chi connectivity index (χ3n) is 3.60. The van der Waals surface area contributed by atoms with Crippen LogP contribution in [0.1, 0.15) is 60.5 Å². The Kier molecular flexibility index (Phi) is 3.53. The molecule has 1 amide bonds. The van der Waals surface area contributed by atoms with Crippen molar-refractivity contribution >= 4 is 22.4 Å². The summed E-state index contributed by atoms with van der Waals surface area (Å²) in [5.74, 6) is 0.438. The van der Waals surface area contributed by atoms with Crippen molar-refractivity contribution in [2.24, 2.45) is 0 Å². The van der Waals surface area contributed by atoms with Crippen molar-refractivity contribution in [3.05, 3.63) is 40.4 Å². The molecule has 1 aliphatic rings. The number of carbonyl (C=O) groups excluding carboxylic acids is 1. The number of nitrogens with one attached hydrogen (secondary N) is 1. The molecular formula is C16H19N3OS. The minimum absolute atomic E-state index is 0.0907. The first-order valence-corrected chi connectivity index (χ1v) is 8.00. The minimum atomic E-state index is -0.131. The molecule has 5 heteroatoms. The lowest BCUT2D eigenvalue weighted by atomic mass is 9.87. The van der Waals surface area contributed by atoms with Gasteiger partial charge >= 0.3 is 0 Å². The van der Waals surface area contributed by atoms with E-state index in [1.54, 1.807) is 0 Å². The van der Waals surface area contributed by atoms with E-state index in [-0.39, 0.29) is 11.3 Å². The molecule has 1 saturated carbocycles. The molecule has 110 valence electrons. The van der Waals surface area contributed by atoms with Gasteiger partial charge in [-0.1, -0.05) is 44.2 Å². The first-order chi connectivity index (χ1) is 9.93. The van der Waals surface area contributed by atoms with Crippen LogP contribution in [0.25, 0.3) is 0 Å². The molecule has 0 unspecified atom stereocenters. The molecule has 21 heavy (non-hydrogen) atoms. The van der Waals surface area contributed by atoms with Crippen molar-refractivity contribution in [2.45, 2.75) is 44.9 Å². The quantitative estimate of drug-likeness (QED) is 0.933. The Hall–Kier alpha value is -1.75. The summed E-state index contributed by atoms with van der Waals surface area (Å²) in [6.07, 6.45) is 2.38. The number of hydrogen-bond donors (Lipinski definition) is 1.